The van der Waals surface area contributed by atoms with Crippen LogP contribution in [0.25, 0.3) is 0 Å². The minimum Gasteiger partial charge on any atom is -0.380 e. The van der Waals surface area contributed by atoms with E-state index < -0.39 is 0 Å². The Labute approximate surface area is 96.1 Å². The van der Waals surface area contributed by atoms with Crippen molar-refractivity contribution in [3.05, 3.63) is 0 Å². The summed E-state index contributed by atoms with van der Waals surface area (Å²) in [5.41, 5.74) is 0. The van der Waals surface area contributed by atoms with Crippen LogP contribution < -0.4 is 5.32 Å². The van der Waals surface area contributed by atoms with Crippen molar-refractivity contribution in [2.24, 2.45) is 10.9 Å². The summed E-state index contributed by atoms with van der Waals surface area (Å²) in [6, 6.07) is 0. The van der Waals surface area contributed by atoms with E-state index in [-0.39, 0.29) is 0 Å². The van der Waals surface area contributed by atoms with Gasteiger partial charge in [0.25, 0.3) is 0 Å². The van der Waals surface area contributed by atoms with E-state index in [0.717, 1.165) is 13.0 Å². The zero-order chi connectivity index (χ0) is 11.5. The SMILES string of the molecule is CSC(=NCCOCCC(C)C)NC#N. The molecule has 4 nitrogen and oxygen atoms in total. The summed E-state index contributed by atoms with van der Waals surface area (Å²) in [7, 11) is 0. The summed E-state index contributed by atoms with van der Waals surface area (Å²) in [6.07, 6.45) is 4.80. The Morgan fingerprint density at radius 3 is 2.80 bits per heavy atom. The Bertz CT molecular complexity index is 223. The van der Waals surface area contributed by atoms with E-state index in [9.17, 15) is 0 Å². The average Bonchev–Trinajstić information content (AvgIpc) is 2.21. The van der Waals surface area contributed by atoms with Crippen LogP contribution >= 0.6 is 11.8 Å². The summed E-state index contributed by atoms with van der Waals surface area (Å²) >= 11 is 1.42. The van der Waals surface area contributed by atoms with Crippen molar-refractivity contribution in [1.82, 2.24) is 5.32 Å². The van der Waals surface area contributed by atoms with Crippen molar-refractivity contribution in [3.8, 4) is 6.19 Å². The summed E-state index contributed by atoms with van der Waals surface area (Å²) in [4.78, 5) is 4.17. The summed E-state index contributed by atoms with van der Waals surface area (Å²) in [5.74, 6) is 0.676. The van der Waals surface area contributed by atoms with Gasteiger partial charge in [0.2, 0.25) is 0 Å². The largest absolute Gasteiger partial charge is 0.380 e. The van der Waals surface area contributed by atoms with Gasteiger partial charge >= 0.3 is 0 Å². The normalized spacial score (nSPS) is 11.5. The second kappa shape index (κ2) is 9.81. The Balaban J connectivity index is 3.47. The number of amidine groups is 1. The smallest absolute Gasteiger partial charge is 0.183 e. The zero-order valence-corrected chi connectivity index (χ0v) is 10.4. The molecule has 0 heterocycles. The second-order valence-corrected chi connectivity index (χ2v) is 4.22. The van der Waals surface area contributed by atoms with Crippen LogP contribution in [-0.2, 0) is 4.74 Å². The van der Waals surface area contributed by atoms with E-state index >= 15 is 0 Å². The van der Waals surface area contributed by atoms with Gasteiger partial charge in [-0.1, -0.05) is 25.6 Å². The molecule has 1 N–H and O–H groups in total. The van der Waals surface area contributed by atoms with Gasteiger partial charge < -0.3 is 4.74 Å². The molecule has 0 amide bonds. The lowest BCUT2D eigenvalue weighted by molar-refractivity contribution is 0.131. The summed E-state index contributed by atoms with van der Waals surface area (Å²) in [5, 5.41) is 11.5. The minimum absolute atomic E-state index is 0.600. The summed E-state index contributed by atoms with van der Waals surface area (Å²) < 4.78 is 5.39. The first-order valence-electron chi connectivity index (χ1n) is 5.02. The van der Waals surface area contributed by atoms with Crippen LogP contribution in [0.2, 0.25) is 0 Å². The van der Waals surface area contributed by atoms with Crippen molar-refractivity contribution >= 4 is 16.9 Å². The number of nitrogens with one attached hydrogen (secondary N) is 1. The molecule has 5 heteroatoms. The molecule has 0 saturated carbocycles. The lowest BCUT2D eigenvalue weighted by Crippen LogP contribution is -2.14. The molecule has 0 rings (SSSR count). The first kappa shape index (κ1) is 14.3. The molecule has 0 aliphatic heterocycles. The van der Waals surface area contributed by atoms with Gasteiger partial charge in [-0.2, -0.15) is 5.26 Å². The fraction of sp³-hybridized carbons (Fsp3) is 0.800. The highest BCUT2D eigenvalue weighted by molar-refractivity contribution is 8.13. The number of nitriles is 1. The highest BCUT2D eigenvalue weighted by Crippen LogP contribution is 1.99. The number of ether oxygens (including phenoxy) is 1. The Hall–Kier alpha value is -0.730. The fourth-order valence-corrected chi connectivity index (χ4v) is 1.20. The van der Waals surface area contributed by atoms with Gasteiger partial charge in [-0.05, 0) is 18.6 Å². The van der Waals surface area contributed by atoms with Crippen LogP contribution in [0.15, 0.2) is 4.99 Å². The molecule has 86 valence electrons. The number of hydrogen-bond donors (Lipinski definition) is 1. The van der Waals surface area contributed by atoms with Crippen LogP contribution in [0.5, 0.6) is 0 Å². The van der Waals surface area contributed by atoms with E-state index in [1.54, 1.807) is 0 Å². The van der Waals surface area contributed by atoms with Crippen LogP contribution in [0.1, 0.15) is 20.3 Å². The number of thioether (sulfide) groups is 1. The molecule has 0 unspecified atom stereocenters. The van der Waals surface area contributed by atoms with Crippen LogP contribution in [0.4, 0.5) is 0 Å². The maximum Gasteiger partial charge on any atom is 0.183 e. The first-order valence-corrected chi connectivity index (χ1v) is 6.24. The number of rotatable bonds is 6. The molecular weight excluding hydrogens is 210 g/mol. The highest BCUT2D eigenvalue weighted by atomic mass is 32.2. The van der Waals surface area contributed by atoms with Crippen molar-refractivity contribution in [2.75, 3.05) is 26.0 Å². The highest BCUT2D eigenvalue weighted by Gasteiger charge is 1.95. The van der Waals surface area contributed by atoms with Gasteiger partial charge in [0, 0.05) is 6.61 Å². The molecule has 0 bridgehead atoms. The van der Waals surface area contributed by atoms with E-state index in [4.69, 9.17) is 10.00 Å². The lowest BCUT2D eigenvalue weighted by atomic mass is 10.1. The van der Waals surface area contributed by atoms with E-state index in [1.807, 2.05) is 12.4 Å². The van der Waals surface area contributed by atoms with Gasteiger partial charge in [0.05, 0.1) is 13.2 Å². The molecule has 0 radical (unpaired) electrons. The van der Waals surface area contributed by atoms with Gasteiger partial charge in [-0.3, -0.25) is 10.3 Å². The molecule has 0 aliphatic carbocycles. The molecule has 0 atom stereocenters. The van der Waals surface area contributed by atoms with Crippen LogP contribution in [0.3, 0.4) is 0 Å². The lowest BCUT2D eigenvalue weighted by Gasteiger charge is -2.05. The Kier molecular flexibility index (Phi) is 9.33. The van der Waals surface area contributed by atoms with Crippen LogP contribution in [0, 0.1) is 17.4 Å². The predicted molar refractivity (Wildman–Crippen MR) is 64.8 cm³/mol. The maximum absolute atomic E-state index is 8.38. The molecule has 0 spiro atoms. The summed E-state index contributed by atoms with van der Waals surface area (Å²) in [6.45, 7) is 6.34. The minimum atomic E-state index is 0.600. The molecule has 15 heavy (non-hydrogen) atoms. The topological polar surface area (TPSA) is 57.4 Å². The molecule has 0 aromatic carbocycles. The van der Waals surface area contributed by atoms with E-state index in [1.165, 1.54) is 11.8 Å². The monoisotopic (exact) mass is 229 g/mol. The number of hydrogen-bond acceptors (Lipinski definition) is 4. The standard InChI is InChI=1S/C10H19N3OS/c1-9(2)4-6-14-7-5-12-10(15-3)13-8-11/h9H,4-7H2,1-3H3,(H,12,13). The fourth-order valence-electron chi connectivity index (χ4n) is 0.836. The van der Waals surface area contributed by atoms with Gasteiger partial charge in [0.15, 0.2) is 11.4 Å². The zero-order valence-electron chi connectivity index (χ0n) is 9.62. The molecule has 0 aliphatic rings. The van der Waals surface area contributed by atoms with Crippen molar-refractivity contribution in [2.45, 2.75) is 20.3 Å². The molecule has 0 aromatic rings. The second-order valence-electron chi connectivity index (χ2n) is 3.42. The third kappa shape index (κ3) is 9.57. The van der Waals surface area contributed by atoms with E-state index in [2.05, 4.69) is 24.2 Å². The molecule has 0 aromatic heterocycles. The predicted octanol–water partition coefficient (Wildman–Crippen LogP) is 1.84. The van der Waals surface area contributed by atoms with Crippen molar-refractivity contribution in [1.29, 1.82) is 5.26 Å². The molecular formula is C10H19N3OS. The third-order valence-electron chi connectivity index (χ3n) is 1.69. The molecule has 0 fully saturated rings. The number of aliphatic imine (C=N–C) groups is 1. The van der Waals surface area contributed by atoms with Gasteiger partial charge in [-0.15, -0.1) is 0 Å². The van der Waals surface area contributed by atoms with Crippen LogP contribution in [-0.4, -0.2) is 31.2 Å². The number of nitrogens with zero attached hydrogens (tertiary/aromatic N) is 2. The Morgan fingerprint density at radius 1 is 1.53 bits per heavy atom. The Morgan fingerprint density at radius 2 is 2.27 bits per heavy atom. The first-order chi connectivity index (χ1) is 7.20. The van der Waals surface area contributed by atoms with Gasteiger partial charge in [0.1, 0.15) is 0 Å². The quantitative estimate of drug-likeness (QED) is 0.248. The van der Waals surface area contributed by atoms with Gasteiger partial charge in [-0.25, -0.2) is 0 Å². The third-order valence-corrected chi connectivity index (χ3v) is 2.30. The van der Waals surface area contributed by atoms with Crippen molar-refractivity contribution in [3.63, 3.8) is 0 Å². The molecule has 0 saturated heterocycles. The van der Waals surface area contributed by atoms with E-state index in [0.29, 0.717) is 24.2 Å². The average molecular weight is 229 g/mol. The maximum atomic E-state index is 8.38. The van der Waals surface area contributed by atoms with Crippen molar-refractivity contribution < 1.29 is 4.74 Å².